The predicted octanol–water partition coefficient (Wildman–Crippen LogP) is 2.68. The SMILES string of the molecule is [2H]C(=C=C(C)C)C(=C)C. The van der Waals surface area contributed by atoms with Gasteiger partial charge in [0, 0.05) is 0 Å². The first-order chi connectivity index (χ1) is 4.04. The van der Waals surface area contributed by atoms with Crippen molar-refractivity contribution in [2.75, 3.05) is 0 Å². The highest BCUT2D eigenvalue weighted by molar-refractivity contribution is 5.12. The Morgan fingerprint density at radius 2 is 2.12 bits per heavy atom. The highest BCUT2D eigenvalue weighted by atomic mass is 13.7. The van der Waals surface area contributed by atoms with E-state index in [1.165, 1.54) is 0 Å². The van der Waals surface area contributed by atoms with E-state index in [1.54, 1.807) is 6.92 Å². The highest BCUT2D eigenvalue weighted by Gasteiger charge is 1.69. The van der Waals surface area contributed by atoms with Gasteiger partial charge in [-0.1, -0.05) is 12.2 Å². The fourth-order valence-corrected chi connectivity index (χ4v) is 0.232. The van der Waals surface area contributed by atoms with Crippen LogP contribution in [0.2, 0.25) is 0 Å². The van der Waals surface area contributed by atoms with Crippen LogP contribution in [0.15, 0.2) is 29.5 Å². The summed E-state index contributed by atoms with van der Waals surface area (Å²) in [6.07, 6.45) is 0. The van der Waals surface area contributed by atoms with Gasteiger partial charge in [-0.25, -0.2) is 0 Å². The summed E-state index contributed by atoms with van der Waals surface area (Å²) in [5.41, 5.74) is 4.62. The second-order valence-corrected chi connectivity index (χ2v) is 2.03. The fraction of sp³-hybridized carbons (Fsp3) is 0.375. The van der Waals surface area contributed by atoms with Crippen LogP contribution in [0.5, 0.6) is 0 Å². The molecular weight excluding hydrogens is 96.1 g/mol. The fourth-order valence-electron chi connectivity index (χ4n) is 0.232. The van der Waals surface area contributed by atoms with Crippen molar-refractivity contribution in [1.29, 1.82) is 0 Å². The molecule has 8 heavy (non-hydrogen) atoms. The largest absolute Gasteiger partial charge is 0.122 e. The van der Waals surface area contributed by atoms with E-state index in [9.17, 15) is 0 Å². The zero-order chi connectivity index (χ0) is 7.44. The summed E-state index contributed by atoms with van der Waals surface area (Å²) in [5, 5.41) is 0. The van der Waals surface area contributed by atoms with Crippen molar-refractivity contribution >= 4 is 0 Å². The first kappa shape index (κ1) is 5.40. The molecule has 0 unspecified atom stereocenters. The van der Waals surface area contributed by atoms with Crippen LogP contribution < -0.4 is 0 Å². The first-order valence-corrected chi connectivity index (χ1v) is 2.60. The van der Waals surface area contributed by atoms with Crippen molar-refractivity contribution in [1.82, 2.24) is 0 Å². The van der Waals surface area contributed by atoms with E-state index >= 15 is 0 Å². The van der Waals surface area contributed by atoms with Gasteiger partial charge in [-0.05, 0) is 32.4 Å². The van der Waals surface area contributed by atoms with Crippen LogP contribution in [0, 0.1) is 0 Å². The van der Waals surface area contributed by atoms with Crippen LogP contribution in [0.1, 0.15) is 22.1 Å². The summed E-state index contributed by atoms with van der Waals surface area (Å²) < 4.78 is 7.24. The third kappa shape index (κ3) is 5.26. The Bertz CT molecular complexity index is 177. The van der Waals surface area contributed by atoms with E-state index in [0.29, 0.717) is 6.05 Å². The Morgan fingerprint density at radius 3 is 2.25 bits per heavy atom. The van der Waals surface area contributed by atoms with Crippen LogP contribution >= 0.6 is 0 Å². The molecule has 0 nitrogen and oxygen atoms in total. The lowest BCUT2D eigenvalue weighted by Crippen LogP contribution is -1.58. The molecule has 0 N–H and O–H groups in total. The maximum absolute atomic E-state index is 7.24. The van der Waals surface area contributed by atoms with E-state index in [4.69, 9.17) is 1.37 Å². The summed E-state index contributed by atoms with van der Waals surface area (Å²) in [5.74, 6) is 0. The van der Waals surface area contributed by atoms with Crippen LogP contribution in [0.3, 0.4) is 0 Å². The molecule has 0 saturated carbocycles. The van der Waals surface area contributed by atoms with E-state index in [-0.39, 0.29) is 0 Å². The topological polar surface area (TPSA) is 0 Å². The third-order valence-electron chi connectivity index (χ3n) is 0.526. The molecule has 0 aliphatic carbocycles. The van der Waals surface area contributed by atoms with Crippen molar-refractivity contribution in [3.8, 4) is 0 Å². The Balaban J connectivity index is 4.55. The van der Waals surface area contributed by atoms with Crippen molar-refractivity contribution < 1.29 is 1.37 Å². The van der Waals surface area contributed by atoms with Gasteiger partial charge in [-0.3, -0.25) is 0 Å². The smallest absolute Gasteiger partial charge is 0.0716 e. The van der Waals surface area contributed by atoms with Crippen LogP contribution in [-0.2, 0) is 0 Å². The van der Waals surface area contributed by atoms with Crippen LogP contribution in [-0.4, -0.2) is 0 Å². The highest BCUT2D eigenvalue weighted by Crippen LogP contribution is 1.89. The lowest BCUT2D eigenvalue weighted by Gasteiger charge is -1.78. The summed E-state index contributed by atoms with van der Waals surface area (Å²) in [7, 11) is 0. The minimum absolute atomic E-state index is 0.398. The van der Waals surface area contributed by atoms with Gasteiger partial charge in [0.1, 0.15) is 0 Å². The molecule has 0 fully saturated rings. The Hall–Kier alpha value is -0.740. The molecule has 0 spiro atoms. The third-order valence-corrected chi connectivity index (χ3v) is 0.526. The monoisotopic (exact) mass is 109 g/mol. The standard InChI is InChI=1S/C8H12/c1-7(2)5-6-8(3)4/h5H,1H2,2-4H3/i5D. The lowest BCUT2D eigenvalue weighted by molar-refractivity contribution is 1.40. The molecule has 44 valence electrons. The maximum Gasteiger partial charge on any atom is 0.0716 e. The van der Waals surface area contributed by atoms with Gasteiger partial charge in [-0.15, -0.1) is 5.73 Å². The van der Waals surface area contributed by atoms with Crippen molar-refractivity contribution in [3.05, 3.63) is 29.5 Å². The van der Waals surface area contributed by atoms with Crippen molar-refractivity contribution in [2.45, 2.75) is 20.8 Å². The van der Waals surface area contributed by atoms with Gasteiger partial charge in [0.05, 0.1) is 1.37 Å². The zero-order valence-electron chi connectivity index (χ0n) is 6.71. The number of hydrogen-bond acceptors (Lipinski definition) is 0. The lowest BCUT2D eigenvalue weighted by atomic mass is 10.3. The van der Waals surface area contributed by atoms with Crippen molar-refractivity contribution in [2.24, 2.45) is 0 Å². The van der Waals surface area contributed by atoms with E-state index in [1.807, 2.05) is 13.8 Å². The second-order valence-electron chi connectivity index (χ2n) is 2.03. The molecular formula is C8H12. The Kier molecular flexibility index (Phi) is 2.22. The van der Waals surface area contributed by atoms with Crippen LogP contribution in [0.4, 0.5) is 0 Å². The quantitative estimate of drug-likeness (QED) is 0.358. The molecule has 0 amide bonds. The maximum atomic E-state index is 7.24. The molecule has 0 radical (unpaired) electrons. The summed E-state index contributed by atoms with van der Waals surface area (Å²) in [4.78, 5) is 0. The van der Waals surface area contributed by atoms with Gasteiger partial charge in [0.15, 0.2) is 0 Å². The first-order valence-electron chi connectivity index (χ1n) is 3.10. The Labute approximate surface area is 52.6 Å². The zero-order valence-corrected chi connectivity index (χ0v) is 5.71. The molecule has 0 aromatic heterocycles. The molecule has 0 aliphatic rings. The van der Waals surface area contributed by atoms with E-state index in [2.05, 4.69) is 12.3 Å². The summed E-state index contributed by atoms with van der Waals surface area (Å²) in [6, 6.07) is 0.398. The molecule has 0 aromatic carbocycles. The summed E-state index contributed by atoms with van der Waals surface area (Å²) in [6.45, 7) is 9.24. The molecule has 0 saturated heterocycles. The Morgan fingerprint density at radius 1 is 1.62 bits per heavy atom. The number of allylic oxidation sites excluding steroid dienone is 2. The van der Waals surface area contributed by atoms with Crippen molar-refractivity contribution in [3.63, 3.8) is 0 Å². The van der Waals surface area contributed by atoms with E-state index in [0.717, 1.165) is 11.1 Å². The minimum atomic E-state index is 0.398. The summed E-state index contributed by atoms with van der Waals surface area (Å²) >= 11 is 0. The molecule has 0 atom stereocenters. The van der Waals surface area contributed by atoms with Crippen LogP contribution in [0.25, 0.3) is 0 Å². The average Bonchev–Trinajstić information content (AvgIpc) is 1.63. The molecule has 0 aromatic rings. The number of hydrogen-bond donors (Lipinski definition) is 0. The normalized spacial score (nSPS) is 9.12. The van der Waals surface area contributed by atoms with E-state index < -0.39 is 0 Å². The van der Waals surface area contributed by atoms with Gasteiger partial charge in [0.25, 0.3) is 0 Å². The molecule has 0 heteroatoms. The average molecular weight is 109 g/mol. The van der Waals surface area contributed by atoms with Gasteiger partial charge in [0.2, 0.25) is 0 Å². The van der Waals surface area contributed by atoms with Gasteiger partial charge < -0.3 is 0 Å². The second kappa shape index (κ2) is 3.29. The molecule has 0 rings (SSSR count). The minimum Gasteiger partial charge on any atom is -0.122 e. The molecule has 0 bridgehead atoms. The van der Waals surface area contributed by atoms with Gasteiger partial charge in [-0.2, -0.15) is 0 Å². The predicted molar refractivity (Wildman–Crippen MR) is 37.8 cm³/mol. The van der Waals surface area contributed by atoms with Gasteiger partial charge >= 0.3 is 0 Å². The molecule has 0 aliphatic heterocycles. The molecule has 0 heterocycles. The number of rotatable bonds is 1.